The van der Waals surface area contributed by atoms with Gasteiger partial charge in [0, 0.05) is 6.04 Å². The Morgan fingerprint density at radius 1 is 1.33 bits per heavy atom. The summed E-state index contributed by atoms with van der Waals surface area (Å²) in [6.07, 6.45) is 3.97. The molecule has 1 aromatic rings. The average molecular weight is 251 g/mol. The summed E-state index contributed by atoms with van der Waals surface area (Å²) in [4.78, 5) is 0. The van der Waals surface area contributed by atoms with E-state index in [1.165, 1.54) is 5.56 Å². The van der Waals surface area contributed by atoms with Gasteiger partial charge in [-0.05, 0) is 62.8 Å². The van der Waals surface area contributed by atoms with Crippen LogP contribution < -0.4 is 5.32 Å². The third-order valence-corrected chi connectivity index (χ3v) is 3.71. The lowest BCUT2D eigenvalue weighted by Crippen LogP contribution is -2.40. The molecule has 1 aliphatic rings. The van der Waals surface area contributed by atoms with Gasteiger partial charge in [-0.15, -0.1) is 0 Å². The molecule has 0 bridgehead atoms. The van der Waals surface area contributed by atoms with Gasteiger partial charge in [0.25, 0.3) is 0 Å². The van der Waals surface area contributed by atoms with Crippen molar-refractivity contribution in [3.8, 4) is 0 Å². The molecule has 3 heteroatoms. The lowest BCUT2D eigenvalue weighted by Gasteiger charge is -2.36. The molecule has 1 aliphatic carbocycles. The SMILES string of the molecule is CC(O)CCCNC1CC(c2ccc(F)cc2)C1. The fraction of sp³-hybridized carbons (Fsp3) is 0.600. The van der Waals surface area contributed by atoms with E-state index in [9.17, 15) is 4.39 Å². The Morgan fingerprint density at radius 2 is 2.00 bits per heavy atom. The van der Waals surface area contributed by atoms with Crippen molar-refractivity contribution in [2.24, 2.45) is 0 Å². The molecular weight excluding hydrogens is 229 g/mol. The van der Waals surface area contributed by atoms with Gasteiger partial charge < -0.3 is 10.4 Å². The van der Waals surface area contributed by atoms with Crippen molar-refractivity contribution in [3.63, 3.8) is 0 Å². The Labute approximate surface area is 108 Å². The summed E-state index contributed by atoms with van der Waals surface area (Å²) in [6.45, 7) is 2.81. The standard InChI is InChI=1S/C15H22FNO/c1-11(18)3-2-8-17-15-9-13(10-15)12-4-6-14(16)7-5-12/h4-7,11,13,15,17-18H,2-3,8-10H2,1H3. The van der Waals surface area contributed by atoms with Crippen LogP contribution in [0.3, 0.4) is 0 Å². The topological polar surface area (TPSA) is 32.3 Å². The molecule has 0 aromatic heterocycles. The van der Waals surface area contributed by atoms with Gasteiger partial charge in [-0.25, -0.2) is 4.39 Å². The van der Waals surface area contributed by atoms with Gasteiger partial charge in [-0.1, -0.05) is 12.1 Å². The molecule has 1 saturated carbocycles. The van der Waals surface area contributed by atoms with Crippen molar-refractivity contribution >= 4 is 0 Å². The second kappa shape index (κ2) is 6.30. The molecule has 100 valence electrons. The van der Waals surface area contributed by atoms with Crippen molar-refractivity contribution in [2.75, 3.05) is 6.54 Å². The van der Waals surface area contributed by atoms with E-state index >= 15 is 0 Å². The van der Waals surface area contributed by atoms with Gasteiger partial charge >= 0.3 is 0 Å². The summed E-state index contributed by atoms with van der Waals surface area (Å²) < 4.78 is 12.8. The maximum absolute atomic E-state index is 12.8. The molecule has 2 rings (SSSR count). The van der Waals surface area contributed by atoms with Crippen LogP contribution in [0.25, 0.3) is 0 Å². The molecule has 1 unspecified atom stereocenters. The van der Waals surface area contributed by atoms with E-state index in [1.54, 1.807) is 12.1 Å². The van der Waals surface area contributed by atoms with Gasteiger partial charge in [-0.3, -0.25) is 0 Å². The summed E-state index contributed by atoms with van der Waals surface area (Å²) in [7, 11) is 0. The third-order valence-electron chi connectivity index (χ3n) is 3.71. The molecule has 0 saturated heterocycles. The van der Waals surface area contributed by atoms with Crippen molar-refractivity contribution < 1.29 is 9.50 Å². The second-order valence-corrected chi connectivity index (χ2v) is 5.36. The largest absolute Gasteiger partial charge is 0.393 e. The number of rotatable bonds is 6. The molecule has 18 heavy (non-hydrogen) atoms. The molecule has 1 aromatic carbocycles. The van der Waals surface area contributed by atoms with Crippen molar-refractivity contribution in [1.29, 1.82) is 0 Å². The normalized spacial score (nSPS) is 24.6. The summed E-state index contributed by atoms with van der Waals surface area (Å²) in [6, 6.07) is 7.46. The van der Waals surface area contributed by atoms with Crippen LogP contribution in [0.15, 0.2) is 24.3 Å². The first kappa shape index (κ1) is 13.5. The maximum atomic E-state index is 12.8. The van der Waals surface area contributed by atoms with E-state index in [-0.39, 0.29) is 11.9 Å². The van der Waals surface area contributed by atoms with E-state index in [0.29, 0.717) is 12.0 Å². The molecule has 2 N–H and O–H groups in total. The molecular formula is C15H22FNO. The molecule has 1 fully saturated rings. The summed E-state index contributed by atoms with van der Waals surface area (Å²) in [5.74, 6) is 0.422. The predicted octanol–water partition coefficient (Wildman–Crippen LogP) is 2.82. The number of hydrogen-bond donors (Lipinski definition) is 2. The van der Waals surface area contributed by atoms with Gasteiger partial charge in [0.2, 0.25) is 0 Å². The zero-order valence-electron chi connectivity index (χ0n) is 10.9. The minimum atomic E-state index is -0.194. The van der Waals surface area contributed by atoms with Gasteiger partial charge in [-0.2, -0.15) is 0 Å². The first-order chi connectivity index (χ1) is 8.65. The molecule has 0 heterocycles. The van der Waals surface area contributed by atoms with E-state index in [1.807, 2.05) is 19.1 Å². The lowest BCUT2D eigenvalue weighted by atomic mass is 9.76. The Bertz CT molecular complexity index is 357. The van der Waals surface area contributed by atoms with Crippen LogP contribution in [-0.2, 0) is 0 Å². The molecule has 0 amide bonds. The van der Waals surface area contributed by atoms with Gasteiger partial charge in [0.05, 0.1) is 6.10 Å². The van der Waals surface area contributed by atoms with E-state index < -0.39 is 0 Å². The fourth-order valence-electron chi connectivity index (χ4n) is 2.50. The predicted molar refractivity (Wildman–Crippen MR) is 71.1 cm³/mol. The molecule has 0 spiro atoms. The highest BCUT2D eigenvalue weighted by Crippen LogP contribution is 2.36. The second-order valence-electron chi connectivity index (χ2n) is 5.36. The van der Waals surface area contributed by atoms with Crippen LogP contribution in [0.1, 0.15) is 44.1 Å². The Balaban J connectivity index is 1.63. The lowest BCUT2D eigenvalue weighted by molar-refractivity contribution is 0.179. The fourth-order valence-corrected chi connectivity index (χ4v) is 2.50. The van der Waals surface area contributed by atoms with Crippen LogP contribution in [0.4, 0.5) is 4.39 Å². The Kier molecular flexibility index (Phi) is 4.72. The van der Waals surface area contributed by atoms with Crippen LogP contribution in [-0.4, -0.2) is 23.8 Å². The maximum Gasteiger partial charge on any atom is 0.123 e. The van der Waals surface area contributed by atoms with Crippen LogP contribution >= 0.6 is 0 Å². The molecule has 2 nitrogen and oxygen atoms in total. The highest BCUT2D eigenvalue weighted by molar-refractivity contribution is 5.23. The minimum Gasteiger partial charge on any atom is -0.393 e. The highest BCUT2D eigenvalue weighted by Gasteiger charge is 2.29. The number of benzene rings is 1. The zero-order valence-corrected chi connectivity index (χ0v) is 10.9. The van der Waals surface area contributed by atoms with Crippen LogP contribution in [0.2, 0.25) is 0 Å². The highest BCUT2D eigenvalue weighted by atomic mass is 19.1. The Morgan fingerprint density at radius 3 is 2.61 bits per heavy atom. The zero-order chi connectivity index (χ0) is 13.0. The van der Waals surface area contributed by atoms with Gasteiger partial charge in [0.15, 0.2) is 0 Å². The number of nitrogens with one attached hydrogen (secondary N) is 1. The van der Waals surface area contributed by atoms with E-state index in [4.69, 9.17) is 5.11 Å². The van der Waals surface area contributed by atoms with Crippen LogP contribution in [0.5, 0.6) is 0 Å². The van der Waals surface area contributed by atoms with Crippen molar-refractivity contribution in [3.05, 3.63) is 35.6 Å². The number of aliphatic hydroxyl groups is 1. The van der Waals surface area contributed by atoms with Gasteiger partial charge in [0.1, 0.15) is 5.82 Å². The van der Waals surface area contributed by atoms with E-state index in [0.717, 1.165) is 32.2 Å². The molecule has 0 aliphatic heterocycles. The average Bonchev–Trinajstić information content (AvgIpc) is 2.28. The number of halogens is 1. The minimum absolute atomic E-state index is 0.161. The van der Waals surface area contributed by atoms with Crippen molar-refractivity contribution in [2.45, 2.75) is 50.7 Å². The molecule has 0 radical (unpaired) electrons. The van der Waals surface area contributed by atoms with Crippen molar-refractivity contribution in [1.82, 2.24) is 5.32 Å². The summed E-state index contributed by atoms with van der Waals surface area (Å²) >= 11 is 0. The number of aliphatic hydroxyl groups excluding tert-OH is 1. The number of hydrogen-bond acceptors (Lipinski definition) is 2. The quantitative estimate of drug-likeness (QED) is 0.762. The monoisotopic (exact) mass is 251 g/mol. The van der Waals surface area contributed by atoms with Crippen LogP contribution in [0, 0.1) is 5.82 Å². The molecule has 1 atom stereocenters. The first-order valence-corrected chi connectivity index (χ1v) is 6.82. The Hall–Kier alpha value is -0.930. The summed E-state index contributed by atoms with van der Waals surface area (Å²) in [5, 5.41) is 12.6. The first-order valence-electron chi connectivity index (χ1n) is 6.82. The third kappa shape index (κ3) is 3.79. The smallest absolute Gasteiger partial charge is 0.123 e. The van der Waals surface area contributed by atoms with E-state index in [2.05, 4.69) is 5.32 Å². The summed E-state index contributed by atoms with van der Waals surface area (Å²) in [5.41, 5.74) is 1.25.